The molecule has 0 spiro atoms. The van der Waals surface area contributed by atoms with Crippen LogP contribution in [0.3, 0.4) is 0 Å². The summed E-state index contributed by atoms with van der Waals surface area (Å²) in [6.07, 6.45) is 6.33. The van der Waals surface area contributed by atoms with Crippen LogP contribution in [0.5, 0.6) is 5.75 Å². The van der Waals surface area contributed by atoms with Crippen LogP contribution in [0.4, 0.5) is 0 Å². The average molecular weight is 377 g/mol. The summed E-state index contributed by atoms with van der Waals surface area (Å²) in [4.78, 5) is 14.1. The van der Waals surface area contributed by atoms with Gasteiger partial charge in [0.25, 0.3) is 0 Å². The molecule has 0 radical (unpaired) electrons. The van der Waals surface area contributed by atoms with E-state index < -0.39 is 5.63 Å². The van der Waals surface area contributed by atoms with Crippen molar-refractivity contribution in [3.05, 3.63) is 39.7 Å². The highest BCUT2D eigenvalue weighted by atomic mass is 35.5. The van der Waals surface area contributed by atoms with Crippen LogP contribution < -0.4 is 5.63 Å². The van der Waals surface area contributed by atoms with Gasteiger partial charge in [-0.05, 0) is 37.5 Å². The molecule has 26 heavy (non-hydrogen) atoms. The Bertz CT molecular complexity index is 850. The monoisotopic (exact) mass is 376 g/mol. The van der Waals surface area contributed by atoms with Crippen LogP contribution in [-0.2, 0) is 6.54 Å². The van der Waals surface area contributed by atoms with Gasteiger partial charge in [-0.25, -0.2) is 4.79 Å². The molecule has 0 bridgehead atoms. The van der Waals surface area contributed by atoms with E-state index in [1.165, 1.54) is 25.3 Å². The number of phenols is 1. The Morgan fingerprint density at radius 1 is 1.31 bits per heavy atom. The maximum Gasteiger partial charge on any atom is 0.336 e. The zero-order chi connectivity index (χ0) is 17.8. The van der Waals surface area contributed by atoms with Crippen molar-refractivity contribution < 1.29 is 9.52 Å². The second-order valence-corrected chi connectivity index (χ2v) is 6.86. The molecule has 0 aliphatic heterocycles. The molecule has 0 amide bonds. The van der Waals surface area contributed by atoms with Crippen LogP contribution in [-0.4, -0.2) is 22.6 Å². The number of halogens is 1. The molecule has 0 saturated heterocycles. The van der Waals surface area contributed by atoms with Gasteiger partial charge in [-0.2, -0.15) is 5.26 Å². The van der Waals surface area contributed by atoms with Gasteiger partial charge < -0.3 is 9.52 Å². The minimum Gasteiger partial charge on any atom is -0.507 e. The molecule has 1 aliphatic carbocycles. The Morgan fingerprint density at radius 3 is 2.73 bits per heavy atom. The highest BCUT2D eigenvalue weighted by Gasteiger charge is 2.23. The number of hydrogen-bond donors (Lipinski definition) is 1. The number of rotatable bonds is 5. The van der Waals surface area contributed by atoms with Crippen molar-refractivity contribution in [1.29, 1.82) is 5.26 Å². The summed E-state index contributed by atoms with van der Waals surface area (Å²) in [5.74, 6) is 0.138. The lowest BCUT2D eigenvalue weighted by molar-refractivity contribution is 0.150. The smallest absolute Gasteiger partial charge is 0.336 e. The molecule has 1 N–H and O–H groups in total. The highest BCUT2D eigenvalue weighted by Crippen LogP contribution is 2.31. The number of aromatic hydroxyl groups is 1. The van der Waals surface area contributed by atoms with Crippen LogP contribution in [0.2, 0.25) is 0 Å². The van der Waals surface area contributed by atoms with E-state index in [1.807, 2.05) is 6.92 Å². The Morgan fingerprint density at radius 2 is 2.04 bits per heavy atom. The van der Waals surface area contributed by atoms with Gasteiger partial charge in [0.1, 0.15) is 11.3 Å². The standard InChI is InChI=1S/C20H24N2O3.ClH/c1-14-12-19(24)25-20-16(14)8-9-18(23)17(20)13-22(11-5-10-21)15-6-3-2-4-7-15;/h8-9,12,15,23H,2-7,11,13H2,1H3;1H. The predicted molar refractivity (Wildman–Crippen MR) is 104 cm³/mol. The summed E-state index contributed by atoms with van der Waals surface area (Å²) < 4.78 is 5.44. The van der Waals surface area contributed by atoms with Crippen LogP contribution in [0.1, 0.15) is 49.7 Å². The van der Waals surface area contributed by atoms with E-state index >= 15 is 0 Å². The van der Waals surface area contributed by atoms with Crippen LogP contribution in [0, 0.1) is 18.3 Å². The maximum atomic E-state index is 11.8. The largest absolute Gasteiger partial charge is 0.507 e. The van der Waals surface area contributed by atoms with Gasteiger partial charge >= 0.3 is 5.63 Å². The lowest BCUT2D eigenvalue weighted by Crippen LogP contribution is -2.37. The second kappa shape index (κ2) is 9.07. The molecule has 1 aromatic carbocycles. The summed E-state index contributed by atoms with van der Waals surface area (Å²) >= 11 is 0. The lowest BCUT2D eigenvalue weighted by Gasteiger charge is -2.34. The molecule has 0 atom stereocenters. The Labute approximate surface area is 159 Å². The molecule has 0 unspecified atom stereocenters. The van der Waals surface area contributed by atoms with E-state index in [0.717, 1.165) is 23.8 Å². The number of benzene rings is 1. The molecule has 1 heterocycles. The van der Waals surface area contributed by atoms with Crippen molar-refractivity contribution >= 4 is 23.4 Å². The number of phenolic OH excluding ortho intramolecular Hbond substituents is 1. The van der Waals surface area contributed by atoms with E-state index in [0.29, 0.717) is 36.7 Å². The molecule has 1 aromatic heterocycles. The zero-order valence-corrected chi connectivity index (χ0v) is 15.8. The van der Waals surface area contributed by atoms with Gasteiger partial charge in [0, 0.05) is 37.0 Å². The van der Waals surface area contributed by atoms with Crippen molar-refractivity contribution in [2.45, 2.75) is 58.0 Å². The van der Waals surface area contributed by atoms with Crippen molar-refractivity contribution in [3.8, 4) is 11.8 Å². The van der Waals surface area contributed by atoms with Gasteiger partial charge in [-0.1, -0.05) is 19.3 Å². The van der Waals surface area contributed by atoms with Gasteiger partial charge in [0.2, 0.25) is 0 Å². The number of hydrogen-bond acceptors (Lipinski definition) is 5. The number of nitrogens with zero attached hydrogens (tertiary/aromatic N) is 2. The molecule has 1 saturated carbocycles. The van der Waals surface area contributed by atoms with Crippen molar-refractivity contribution in [3.63, 3.8) is 0 Å². The highest BCUT2D eigenvalue weighted by molar-refractivity contribution is 5.85. The first-order valence-electron chi connectivity index (χ1n) is 8.96. The first-order valence-corrected chi connectivity index (χ1v) is 8.96. The maximum absolute atomic E-state index is 11.8. The van der Waals surface area contributed by atoms with Crippen LogP contribution >= 0.6 is 12.4 Å². The third-order valence-corrected chi connectivity index (χ3v) is 5.16. The lowest BCUT2D eigenvalue weighted by atomic mass is 9.93. The second-order valence-electron chi connectivity index (χ2n) is 6.86. The summed E-state index contributed by atoms with van der Waals surface area (Å²) in [6, 6.07) is 7.54. The fourth-order valence-corrected chi connectivity index (χ4v) is 3.82. The molecular formula is C20H25ClN2O3. The molecule has 2 aromatic rings. The normalized spacial score (nSPS) is 15.0. The molecule has 1 fully saturated rings. The van der Waals surface area contributed by atoms with Gasteiger partial charge in [-0.15, -0.1) is 12.4 Å². The summed E-state index contributed by atoms with van der Waals surface area (Å²) in [6.45, 7) is 3.02. The number of nitriles is 1. The summed E-state index contributed by atoms with van der Waals surface area (Å²) in [7, 11) is 0. The van der Waals surface area contributed by atoms with Crippen molar-refractivity contribution in [1.82, 2.24) is 4.90 Å². The van der Waals surface area contributed by atoms with Gasteiger partial charge in [0.05, 0.1) is 11.6 Å². The topological polar surface area (TPSA) is 77.5 Å². The molecule has 1 aliphatic rings. The Hall–Kier alpha value is -2.03. The van der Waals surface area contributed by atoms with Gasteiger partial charge in [0.15, 0.2) is 0 Å². The Kier molecular flexibility index (Phi) is 7.07. The first-order chi connectivity index (χ1) is 12.1. The molecular weight excluding hydrogens is 352 g/mol. The summed E-state index contributed by atoms with van der Waals surface area (Å²) in [5, 5.41) is 20.2. The number of aryl methyl sites for hydroxylation is 1. The van der Waals surface area contributed by atoms with Crippen LogP contribution in [0.25, 0.3) is 11.0 Å². The molecule has 5 nitrogen and oxygen atoms in total. The fourth-order valence-electron chi connectivity index (χ4n) is 3.82. The Balaban J connectivity index is 0.00000243. The minimum atomic E-state index is -0.405. The third-order valence-electron chi connectivity index (χ3n) is 5.16. The van der Waals surface area contributed by atoms with Crippen molar-refractivity contribution in [2.24, 2.45) is 0 Å². The van der Waals surface area contributed by atoms with Gasteiger partial charge in [-0.3, -0.25) is 4.90 Å². The van der Waals surface area contributed by atoms with E-state index in [4.69, 9.17) is 9.68 Å². The molecule has 3 rings (SSSR count). The average Bonchev–Trinajstić information content (AvgIpc) is 2.61. The third kappa shape index (κ3) is 4.38. The minimum absolute atomic E-state index is 0. The quantitative estimate of drug-likeness (QED) is 0.788. The SMILES string of the molecule is Cc1cc(=O)oc2c(CN(CCC#N)C3CCCCC3)c(O)ccc12.Cl. The van der Waals surface area contributed by atoms with Crippen molar-refractivity contribution in [2.75, 3.05) is 6.54 Å². The zero-order valence-electron chi connectivity index (χ0n) is 15.0. The molecule has 6 heteroatoms. The first kappa shape index (κ1) is 20.3. The fraction of sp³-hybridized carbons (Fsp3) is 0.500. The number of fused-ring (bicyclic) bond motifs is 1. The van der Waals surface area contributed by atoms with Crippen LogP contribution in [0.15, 0.2) is 27.4 Å². The van der Waals surface area contributed by atoms with E-state index in [2.05, 4.69) is 11.0 Å². The van der Waals surface area contributed by atoms with E-state index in [9.17, 15) is 9.90 Å². The van der Waals surface area contributed by atoms with E-state index in [-0.39, 0.29) is 18.2 Å². The predicted octanol–water partition coefficient (Wildman–Crippen LogP) is 4.28. The summed E-state index contributed by atoms with van der Waals surface area (Å²) in [5.41, 5.74) is 1.54. The molecule has 140 valence electrons. The van der Waals surface area contributed by atoms with E-state index in [1.54, 1.807) is 12.1 Å².